The van der Waals surface area contributed by atoms with Gasteiger partial charge in [-0.15, -0.1) is 0 Å². The number of aromatic nitrogens is 2. The van der Waals surface area contributed by atoms with Crippen LogP contribution in [0.3, 0.4) is 0 Å². The van der Waals surface area contributed by atoms with Crippen LogP contribution in [-0.2, 0) is 12.8 Å². The first-order valence-corrected chi connectivity index (χ1v) is 9.95. The van der Waals surface area contributed by atoms with E-state index in [1.165, 1.54) is 16.7 Å². The lowest BCUT2D eigenvalue weighted by molar-refractivity contribution is 0.390. The summed E-state index contributed by atoms with van der Waals surface area (Å²) in [5.41, 5.74) is 6.76. The SMILES string of the molecule is COc1cc2c(cc1CCCN(C)C)[C@H](c1cnc3ccccc3n1)NCC2. The van der Waals surface area contributed by atoms with Gasteiger partial charge in [0.25, 0.3) is 0 Å². The summed E-state index contributed by atoms with van der Waals surface area (Å²) in [6.45, 7) is 1.99. The molecule has 5 nitrogen and oxygen atoms in total. The zero-order valence-electron chi connectivity index (χ0n) is 16.9. The van der Waals surface area contributed by atoms with Gasteiger partial charge in [0.2, 0.25) is 0 Å². The Morgan fingerprint density at radius 1 is 1.18 bits per heavy atom. The molecule has 0 spiro atoms. The number of para-hydroxylation sites is 2. The molecule has 0 amide bonds. The average molecular weight is 377 g/mol. The molecule has 0 fully saturated rings. The van der Waals surface area contributed by atoms with Gasteiger partial charge in [-0.3, -0.25) is 4.98 Å². The van der Waals surface area contributed by atoms with Crippen LogP contribution in [0.25, 0.3) is 11.0 Å². The van der Waals surface area contributed by atoms with Crippen LogP contribution in [0, 0.1) is 0 Å². The topological polar surface area (TPSA) is 50.3 Å². The van der Waals surface area contributed by atoms with Gasteiger partial charge in [-0.05, 0) is 80.9 Å². The van der Waals surface area contributed by atoms with Crippen molar-refractivity contribution in [2.75, 3.05) is 34.3 Å². The van der Waals surface area contributed by atoms with Gasteiger partial charge in [0, 0.05) is 6.54 Å². The quantitative estimate of drug-likeness (QED) is 0.715. The molecule has 0 aliphatic carbocycles. The Morgan fingerprint density at radius 3 is 2.79 bits per heavy atom. The molecule has 1 N–H and O–H groups in total. The summed E-state index contributed by atoms with van der Waals surface area (Å²) < 4.78 is 5.71. The highest BCUT2D eigenvalue weighted by atomic mass is 16.5. The lowest BCUT2D eigenvalue weighted by Gasteiger charge is -2.28. The zero-order chi connectivity index (χ0) is 19.5. The smallest absolute Gasteiger partial charge is 0.122 e. The summed E-state index contributed by atoms with van der Waals surface area (Å²) in [6.07, 6.45) is 5.02. The summed E-state index contributed by atoms with van der Waals surface area (Å²) in [4.78, 5) is 11.7. The van der Waals surface area contributed by atoms with Crippen molar-refractivity contribution >= 4 is 11.0 Å². The van der Waals surface area contributed by atoms with Gasteiger partial charge in [0.15, 0.2) is 0 Å². The highest BCUT2D eigenvalue weighted by Crippen LogP contribution is 2.34. The average Bonchev–Trinajstić information content (AvgIpc) is 2.72. The third-order valence-corrected chi connectivity index (χ3v) is 5.41. The Bertz CT molecular complexity index is 970. The van der Waals surface area contributed by atoms with E-state index < -0.39 is 0 Å². The summed E-state index contributed by atoms with van der Waals surface area (Å²) >= 11 is 0. The molecule has 0 bridgehead atoms. The molecule has 0 saturated carbocycles. The lowest BCUT2D eigenvalue weighted by Crippen LogP contribution is -2.31. The van der Waals surface area contributed by atoms with Crippen molar-refractivity contribution in [3.63, 3.8) is 0 Å². The first kappa shape index (κ1) is 18.8. The maximum absolute atomic E-state index is 5.71. The largest absolute Gasteiger partial charge is 0.496 e. The van der Waals surface area contributed by atoms with Crippen LogP contribution in [0.5, 0.6) is 5.75 Å². The van der Waals surface area contributed by atoms with Gasteiger partial charge < -0.3 is 15.0 Å². The Labute approximate surface area is 166 Å². The van der Waals surface area contributed by atoms with Crippen molar-refractivity contribution in [1.29, 1.82) is 0 Å². The van der Waals surface area contributed by atoms with E-state index in [0.717, 1.165) is 54.8 Å². The van der Waals surface area contributed by atoms with E-state index >= 15 is 0 Å². The van der Waals surface area contributed by atoms with Crippen molar-refractivity contribution in [2.45, 2.75) is 25.3 Å². The maximum Gasteiger partial charge on any atom is 0.122 e. The van der Waals surface area contributed by atoms with Gasteiger partial charge in [-0.25, -0.2) is 4.98 Å². The van der Waals surface area contributed by atoms with Crippen molar-refractivity contribution in [3.8, 4) is 5.75 Å². The fourth-order valence-electron chi connectivity index (χ4n) is 3.98. The summed E-state index contributed by atoms with van der Waals surface area (Å²) in [6, 6.07) is 12.6. The van der Waals surface area contributed by atoms with Crippen molar-refractivity contribution in [1.82, 2.24) is 20.2 Å². The molecule has 1 atom stereocenters. The Balaban J connectivity index is 1.70. The van der Waals surface area contributed by atoms with Crippen LogP contribution in [0.1, 0.15) is 34.8 Å². The fourth-order valence-corrected chi connectivity index (χ4v) is 3.98. The molecule has 4 rings (SSSR count). The number of methoxy groups -OCH3 is 1. The number of hydrogen-bond acceptors (Lipinski definition) is 5. The van der Waals surface area contributed by atoms with Crippen molar-refractivity contribution in [3.05, 3.63) is 65.0 Å². The fraction of sp³-hybridized carbons (Fsp3) is 0.391. The molecule has 1 aromatic heterocycles. The van der Waals surface area contributed by atoms with Crippen LogP contribution in [0.4, 0.5) is 0 Å². The molecular weight excluding hydrogens is 348 g/mol. The molecule has 3 aromatic rings. The van der Waals surface area contributed by atoms with Gasteiger partial charge in [0.1, 0.15) is 5.75 Å². The third kappa shape index (κ3) is 3.86. The number of hydrogen-bond donors (Lipinski definition) is 1. The molecule has 5 heteroatoms. The van der Waals surface area contributed by atoms with Gasteiger partial charge in [-0.2, -0.15) is 0 Å². The van der Waals surface area contributed by atoms with E-state index in [1.54, 1.807) is 7.11 Å². The van der Waals surface area contributed by atoms with E-state index in [-0.39, 0.29) is 6.04 Å². The number of fused-ring (bicyclic) bond motifs is 2. The number of benzene rings is 2. The van der Waals surface area contributed by atoms with Crippen LogP contribution in [0.2, 0.25) is 0 Å². The number of ether oxygens (including phenoxy) is 1. The Morgan fingerprint density at radius 2 is 2.00 bits per heavy atom. The Hall–Kier alpha value is -2.50. The van der Waals surface area contributed by atoms with E-state index in [2.05, 4.69) is 41.4 Å². The number of nitrogens with zero attached hydrogens (tertiary/aromatic N) is 3. The Kier molecular flexibility index (Phi) is 5.55. The monoisotopic (exact) mass is 376 g/mol. The molecule has 0 saturated heterocycles. The maximum atomic E-state index is 5.71. The minimum absolute atomic E-state index is 0.0689. The van der Waals surface area contributed by atoms with Gasteiger partial charge >= 0.3 is 0 Å². The lowest BCUT2D eigenvalue weighted by atomic mass is 9.89. The molecule has 28 heavy (non-hydrogen) atoms. The number of aryl methyl sites for hydroxylation is 1. The van der Waals surface area contributed by atoms with Crippen LogP contribution < -0.4 is 10.1 Å². The molecule has 146 valence electrons. The van der Waals surface area contributed by atoms with E-state index in [0.29, 0.717) is 0 Å². The van der Waals surface area contributed by atoms with Crippen LogP contribution in [-0.4, -0.2) is 49.2 Å². The third-order valence-electron chi connectivity index (χ3n) is 5.41. The highest BCUT2D eigenvalue weighted by Gasteiger charge is 2.25. The first-order valence-electron chi connectivity index (χ1n) is 9.95. The second-order valence-electron chi connectivity index (χ2n) is 7.69. The number of nitrogens with one attached hydrogen (secondary N) is 1. The zero-order valence-corrected chi connectivity index (χ0v) is 16.9. The second kappa shape index (κ2) is 8.25. The van der Waals surface area contributed by atoms with E-state index in [4.69, 9.17) is 9.72 Å². The van der Waals surface area contributed by atoms with Gasteiger partial charge in [0.05, 0.1) is 36.1 Å². The molecule has 1 aliphatic heterocycles. The van der Waals surface area contributed by atoms with E-state index in [1.807, 2.05) is 30.5 Å². The van der Waals surface area contributed by atoms with Gasteiger partial charge in [-0.1, -0.05) is 12.1 Å². The minimum Gasteiger partial charge on any atom is -0.496 e. The summed E-state index contributed by atoms with van der Waals surface area (Å²) in [7, 11) is 6.00. The summed E-state index contributed by atoms with van der Waals surface area (Å²) in [5.74, 6) is 1.00. The molecule has 1 aliphatic rings. The van der Waals surface area contributed by atoms with Crippen molar-refractivity contribution < 1.29 is 4.74 Å². The minimum atomic E-state index is 0.0689. The predicted molar refractivity (Wildman–Crippen MR) is 113 cm³/mol. The van der Waals surface area contributed by atoms with Crippen molar-refractivity contribution in [2.24, 2.45) is 0 Å². The number of rotatable bonds is 6. The van der Waals surface area contributed by atoms with Crippen LogP contribution in [0.15, 0.2) is 42.6 Å². The molecule has 2 heterocycles. The first-order chi connectivity index (χ1) is 13.7. The highest BCUT2D eigenvalue weighted by molar-refractivity contribution is 5.73. The molecular formula is C23H28N4O. The second-order valence-corrected chi connectivity index (χ2v) is 7.69. The molecule has 0 radical (unpaired) electrons. The van der Waals surface area contributed by atoms with Crippen LogP contribution >= 0.6 is 0 Å². The summed E-state index contributed by atoms with van der Waals surface area (Å²) in [5, 5.41) is 3.64. The normalized spacial score (nSPS) is 16.4. The standard InChI is InChI=1S/C23H28N4O/c1-27(2)12-6-7-17-13-18-16(14-22(17)28-3)10-11-24-23(18)21-15-25-19-8-4-5-9-20(19)26-21/h4-5,8-9,13-15,23-24H,6-7,10-12H2,1-3H3/t23-/m1/s1. The molecule has 2 aromatic carbocycles. The molecule has 0 unspecified atom stereocenters. The van der Waals surface area contributed by atoms with E-state index in [9.17, 15) is 0 Å². The predicted octanol–water partition coefficient (Wildman–Crippen LogP) is 3.37.